The van der Waals surface area contributed by atoms with E-state index in [1.54, 1.807) is 4.90 Å². The van der Waals surface area contributed by atoms with Crippen LogP contribution in [-0.2, 0) is 4.74 Å². The molecule has 0 aromatic carbocycles. The zero-order valence-electron chi connectivity index (χ0n) is 11.4. The third-order valence-electron chi connectivity index (χ3n) is 2.77. The minimum Gasteiger partial charge on any atom is -0.444 e. The molecule has 1 unspecified atom stereocenters. The van der Waals surface area contributed by atoms with Gasteiger partial charge >= 0.3 is 6.09 Å². The topological polar surface area (TPSA) is 67.6 Å². The van der Waals surface area contributed by atoms with Gasteiger partial charge in [0.05, 0.1) is 6.04 Å². The summed E-state index contributed by atoms with van der Waals surface area (Å²) in [6, 6.07) is 0.107. The second-order valence-corrected chi connectivity index (χ2v) is 6.01. The molecular formula is C12H23N3O2S. The second kappa shape index (κ2) is 6.22. The lowest BCUT2D eigenvalue weighted by Crippen LogP contribution is -2.51. The molecule has 0 saturated carbocycles. The number of hydrogen-bond donors (Lipinski definition) is 2. The van der Waals surface area contributed by atoms with E-state index < -0.39 is 5.60 Å². The van der Waals surface area contributed by atoms with E-state index in [0.717, 1.165) is 25.8 Å². The Hall–Kier alpha value is -1.04. The third-order valence-corrected chi connectivity index (χ3v) is 2.91. The highest BCUT2D eigenvalue weighted by Crippen LogP contribution is 2.19. The van der Waals surface area contributed by atoms with Crippen LogP contribution >= 0.6 is 12.2 Å². The second-order valence-electron chi connectivity index (χ2n) is 5.57. The van der Waals surface area contributed by atoms with Gasteiger partial charge in [0.1, 0.15) is 5.60 Å². The molecule has 104 valence electrons. The largest absolute Gasteiger partial charge is 0.444 e. The zero-order chi connectivity index (χ0) is 13.8. The number of rotatable bonds is 2. The van der Waals surface area contributed by atoms with Crippen LogP contribution in [0.25, 0.3) is 0 Å². The maximum atomic E-state index is 12.1. The third kappa shape index (κ3) is 5.08. The lowest BCUT2D eigenvalue weighted by molar-refractivity contribution is 0.0104. The number of thiocarbonyl (C=S) groups is 1. The van der Waals surface area contributed by atoms with Crippen LogP contribution in [0, 0.1) is 0 Å². The number of piperidine rings is 1. The lowest BCUT2D eigenvalue weighted by Gasteiger charge is -2.36. The van der Waals surface area contributed by atoms with Crippen molar-refractivity contribution in [1.82, 2.24) is 10.2 Å². The Kier molecular flexibility index (Phi) is 5.19. The smallest absolute Gasteiger partial charge is 0.410 e. The molecule has 1 amide bonds. The van der Waals surface area contributed by atoms with Crippen LogP contribution in [0.15, 0.2) is 0 Å². The number of ether oxygens (including phenoxy) is 1. The molecule has 5 nitrogen and oxygen atoms in total. The number of amides is 1. The number of hydrogen-bond acceptors (Lipinski definition) is 3. The SMILES string of the molecule is CC(C)(C)OC(=O)N1CCCCC1CNC(N)=S. The summed E-state index contributed by atoms with van der Waals surface area (Å²) in [7, 11) is 0. The average Bonchev–Trinajstić information content (AvgIpc) is 2.24. The first kappa shape index (κ1) is 15.0. The van der Waals surface area contributed by atoms with Gasteiger partial charge in [0.2, 0.25) is 0 Å². The summed E-state index contributed by atoms with van der Waals surface area (Å²) in [4.78, 5) is 13.9. The highest BCUT2D eigenvalue weighted by atomic mass is 32.1. The molecule has 0 aliphatic carbocycles. The summed E-state index contributed by atoms with van der Waals surface area (Å²) in [5, 5.41) is 3.19. The number of nitrogens with one attached hydrogen (secondary N) is 1. The van der Waals surface area contributed by atoms with Crippen LogP contribution in [0.5, 0.6) is 0 Å². The fourth-order valence-electron chi connectivity index (χ4n) is 1.99. The van der Waals surface area contributed by atoms with Crippen molar-refractivity contribution in [2.75, 3.05) is 13.1 Å². The van der Waals surface area contributed by atoms with Gasteiger partial charge in [-0.15, -0.1) is 0 Å². The highest BCUT2D eigenvalue weighted by Gasteiger charge is 2.30. The van der Waals surface area contributed by atoms with Crippen molar-refractivity contribution in [3.8, 4) is 0 Å². The Bertz CT molecular complexity index is 315. The molecule has 3 N–H and O–H groups in total. The minimum absolute atomic E-state index is 0.107. The predicted octanol–water partition coefficient (Wildman–Crippen LogP) is 1.61. The maximum Gasteiger partial charge on any atom is 0.410 e. The van der Waals surface area contributed by atoms with Crippen molar-refractivity contribution in [1.29, 1.82) is 0 Å². The van der Waals surface area contributed by atoms with Gasteiger partial charge in [-0.05, 0) is 52.3 Å². The van der Waals surface area contributed by atoms with E-state index in [1.165, 1.54) is 0 Å². The van der Waals surface area contributed by atoms with Gasteiger partial charge in [-0.25, -0.2) is 4.79 Å². The van der Waals surface area contributed by atoms with Crippen LogP contribution in [-0.4, -0.2) is 40.8 Å². The van der Waals surface area contributed by atoms with Crippen LogP contribution in [0.3, 0.4) is 0 Å². The minimum atomic E-state index is -0.463. The molecule has 0 aromatic rings. The quantitative estimate of drug-likeness (QED) is 0.748. The lowest BCUT2D eigenvalue weighted by atomic mass is 10.0. The Morgan fingerprint density at radius 1 is 1.50 bits per heavy atom. The molecule has 1 aliphatic rings. The number of likely N-dealkylation sites (tertiary alicyclic amines) is 1. The summed E-state index contributed by atoms with van der Waals surface area (Å²) in [5.41, 5.74) is 4.96. The standard InChI is InChI=1S/C12H23N3O2S/c1-12(2,3)17-11(16)15-7-5-4-6-9(15)8-14-10(13)18/h9H,4-8H2,1-3H3,(H3,13,14,18). The molecule has 1 heterocycles. The molecule has 6 heteroatoms. The molecule has 1 saturated heterocycles. The van der Waals surface area contributed by atoms with Gasteiger partial charge in [0.25, 0.3) is 0 Å². The molecule has 1 fully saturated rings. The molecule has 1 rings (SSSR count). The van der Waals surface area contributed by atoms with Crippen molar-refractivity contribution in [2.45, 2.75) is 51.7 Å². The van der Waals surface area contributed by atoms with Gasteiger partial charge in [-0.3, -0.25) is 0 Å². The van der Waals surface area contributed by atoms with Crippen molar-refractivity contribution < 1.29 is 9.53 Å². The van der Waals surface area contributed by atoms with Crippen LogP contribution < -0.4 is 11.1 Å². The van der Waals surface area contributed by atoms with Crippen molar-refractivity contribution in [2.24, 2.45) is 5.73 Å². The van der Waals surface area contributed by atoms with Gasteiger partial charge in [-0.2, -0.15) is 0 Å². The van der Waals surface area contributed by atoms with Gasteiger partial charge in [-0.1, -0.05) is 0 Å². The molecule has 0 spiro atoms. The first-order valence-corrected chi connectivity index (χ1v) is 6.73. The van der Waals surface area contributed by atoms with E-state index >= 15 is 0 Å². The van der Waals surface area contributed by atoms with E-state index in [2.05, 4.69) is 5.32 Å². The van der Waals surface area contributed by atoms with Crippen LogP contribution in [0.2, 0.25) is 0 Å². The summed E-state index contributed by atoms with van der Waals surface area (Å²) in [6.45, 7) is 6.94. The van der Waals surface area contributed by atoms with Crippen LogP contribution in [0.1, 0.15) is 40.0 Å². The first-order chi connectivity index (χ1) is 8.29. The zero-order valence-corrected chi connectivity index (χ0v) is 12.2. The number of carbonyl (C=O) groups is 1. The summed E-state index contributed by atoms with van der Waals surface area (Å²) < 4.78 is 5.41. The summed E-state index contributed by atoms with van der Waals surface area (Å²) in [5.74, 6) is 0. The number of nitrogens with two attached hydrogens (primary N) is 1. The average molecular weight is 273 g/mol. The molecule has 0 aromatic heterocycles. The van der Waals surface area contributed by atoms with Gasteiger partial charge < -0.3 is 20.7 Å². The molecule has 18 heavy (non-hydrogen) atoms. The highest BCUT2D eigenvalue weighted by molar-refractivity contribution is 7.80. The Morgan fingerprint density at radius 3 is 2.72 bits per heavy atom. The van der Waals surface area contributed by atoms with E-state index in [-0.39, 0.29) is 17.2 Å². The summed E-state index contributed by atoms with van der Waals surface area (Å²) >= 11 is 4.79. The Morgan fingerprint density at radius 2 is 2.17 bits per heavy atom. The van der Waals surface area contributed by atoms with Gasteiger partial charge in [0, 0.05) is 13.1 Å². The molecule has 1 atom stereocenters. The Labute approximate surface area is 114 Å². The number of carbonyl (C=O) groups excluding carboxylic acids is 1. The van der Waals surface area contributed by atoms with E-state index in [4.69, 9.17) is 22.7 Å². The van der Waals surface area contributed by atoms with E-state index in [1.807, 2.05) is 20.8 Å². The predicted molar refractivity (Wildman–Crippen MR) is 75.4 cm³/mol. The van der Waals surface area contributed by atoms with Gasteiger partial charge in [0.15, 0.2) is 5.11 Å². The fraction of sp³-hybridized carbons (Fsp3) is 0.833. The number of nitrogens with zero attached hydrogens (tertiary/aromatic N) is 1. The fourth-order valence-corrected chi connectivity index (χ4v) is 2.08. The van der Waals surface area contributed by atoms with Crippen LogP contribution in [0.4, 0.5) is 4.79 Å². The molecular weight excluding hydrogens is 250 g/mol. The molecule has 1 aliphatic heterocycles. The van der Waals surface area contributed by atoms with Crippen molar-refractivity contribution >= 4 is 23.4 Å². The molecule has 0 bridgehead atoms. The monoisotopic (exact) mass is 273 g/mol. The van der Waals surface area contributed by atoms with Crippen molar-refractivity contribution in [3.63, 3.8) is 0 Å². The van der Waals surface area contributed by atoms with Crippen molar-refractivity contribution in [3.05, 3.63) is 0 Å². The molecule has 0 radical (unpaired) electrons. The Balaban J connectivity index is 2.58. The maximum absolute atomic E-state index is 12.1. The van der Waals surface area contributed by atoms with E-state index in [0.29, 0.717) is 6.54 Å². The first-order valence-electron chi connectivity index (χ1n) is 6.32. The van der Waals surface area contributed by atoms with E-state index in [9.17, 15) is 4.79 Å². The normalized spacial score (nSPS) is 20.4. The summed E-state index contributed by atoms with van der Waals surface area (Å²) in [6.07, 6.45) is 2.83.